The molecule has 0 atom stereocenters. The van der Waals surface area contributed by atoms with E-state index in [0.717, 1.165) is 5.56 Å². The molecule has 1 aromatic carbocycles. The van der Waals surface area contributed by atoms with Gasteiger partial charge < -0.3 is 4.42 Å². The first-order valence-electron chi connectivity index (χ1n) is 5.90. The smallest absolute Gasteiger partial charge is 0.322 e. The van der Waals surface area contributed by atoms with Gasteiger partial charge in [0.15, 0.2) is 0 Å². The van der Waals surface area contributed by atoms with Crippen LogP contribution in [0.4, 0.5) is 6.01 Å². The third-order valence-electron chi connectivity index (χ3n) is 2.50. The van der Waals surface area contributed by atoms with Gasteiger partial charge in [0.05, 0.1) is 12.4 Å². The summed E-state index contributed by atoms with van der Waals surface area (Å²) in [5.74, 6) is -0.226. The van der Waals surface area contributed by atoms with Crippen molar-refractivity contribution in [3.63, 3.8) is 0 Å². The summed E-state index contributed by atoms with van der Waals surface area (Å²) in [6, 6.07) is 9.18. The van der Waals surface area contributed by atoms with E-state index in [1.54, 1.807) is 0 Å². The molecule has 2 aromatic heterocycles. The molecule has 0 aliphatic carbocycles. The zero-order valence-electron chi connectivity index (χ0n) is 10.5. The van der Waals surface area contributed by atoms with Gasteiger partial charge >= 0.3 is 6.01 Å². The molecule has 7 nitrogen and oxygen atoms in total. The number of benzene rings is 1. The van der Waals surface area contributed by atoms with Crippen LogP contribution in [0.2, 0.25) is 5.15 Å². The van der Waals surface area contributed by atoms with E-state index >= 15 is 0 Å². The fourth-order valence-corrected chi connectivity index (χ4v) is 1.73. The zero-order valence-corrected chi connectivity index (χ0v) is 11.3. The van der Waals surface area contributed by atoms with Gasteiger partial charge in [-0.2, -0.15) is 0 Å². The molecule has 3 rings (SSSR count). The lowest BCUT2D eigenvalue weighted by Gasteiger charge is -1.99. The highest BCUT2D eigenvalue weighted by Crippen LogP contribution is 2.19. The van der Waals surface area contributed by atoms with Gasteiger partial charge in [0, 0.05) is 5.56 Å². The number of anilines is 1. The van der Waals surface area contributed by atoms with E-state index in [1.807, 2.05) is 30.3 Å². The molecule has 0 spiro atoms. The minimum Gasteiger partial charge on any atom is -0.403 e. The van der Waals surface area contributed by atoms with Crippen molar-refractivity contribution in [1.82, 2.24) is 20.2 Å². The fourth-order valence-electron chi connectivity index (χ4n) is 1.58. The number of nitrogens with one attached hydrogen (secondary N) is 1. The Labute approximate surface area is 124 Å². The van der Waals surface area contributed by atoms with Gasteiger partial charge in [-0.3, -0.25) is 15.1 Å². The molecule has 0 aliphatic heterocycles. The molecule has 104 valence electrons. The Morgan fingerprint density at radius 1 is 1.14 bits per heavy atom. The highest BCUT2D eigenvalue weighted by Gasteiger charge is 2.14. The quantitative estimate of drug-likeness (QED) is 0.798. The molecule has 1 amide bonds. The second-order valence-electron chi connectivity index (χ2n) is 3.96. The SMILES string of the molecule is O=C(Nc1nnc(-c2ccccc2)o1)c1cncc(Cl)n1. The number of hydrogen-bond acceptors (Lipinski definition) is 6. The van der Waals surface area contributed by atoms with Gasteiger partial charge in [-0.05, 0) is 12.1 Å². The van der Waals surface area contributed by atoms with Crippen molar-refractivity contribution in [3.8, 4) is 11.5 Å². The van der Waals surface area contributed by atoms with Crippen LogP contribution in [0.25, 0.3) is 11.5 Å². The third-order valence-corrected chi connectivity index (χ3v) is 2.69. The minimum atomic E-state index is -0.534. The van der Waals surface area contributed by atoms with Crippen LogP contribution in [-0.4, -0.2) is 26.1 Å². The lowest BCUT2D eigenvalue weighted by molar-refractivity contribution is 0.101. The summed E-state index contributed by atoms with van der Waals surface area (Å²) in [4.78, 5) is 19.5. The first-order valence-corrected chi connectivity index (χ1v) is 6.28. The summed E-state index contributed by atoms with van der Waals surface area (Å²) in [7, 11) is 0. The number of rotatable bonds is 3. The number of hydrogen-bond donors (Lipinski definition) is 1. The van der Waals surface area contributed by atoms with Crippen molar-refractivity contribution in [1.29, 1.82) is 0 Å². The molecule has 1 N–H and O–H groups in total. The van der Waals surface area contributed by atoms with E-state index in [1.165, 1.54) is 12.4 Å². The number of carbonyl (C=O) groups excluding carboxylic acids is 1. The van der Waals surface area contributed by atoms with Crippen LogP contribution in [0.1, 0.15) is 10.5 Å². The predicted octanol–water partition coefficient (Wildman–Crippen LogP) is 2.43. The average Bonchev–Trinajstić information content (AvgIpc) is 2.97. The van der Waals surface area contributed by atoms with Gasteiger partial charge in [-0.25, -0.2) is 4.98 Å². The number of aromatic nitrogens is 4. The van der Waals surface area contributed by atoms with Crippen LogP contribution in [0.5, 0.6) is 0 Å². The largest absolute Gasteiger partial charge is 0.403 e. The van der Waals surface area contributed by atoms with Crippen LogP contribution in [0, 0.1) is 0 Å². The molecule has 3 aromatic rings. The average molecular weight is 302 g/mol. The van der Waals surface area contributed by atoms with Gasteiger partial charge in [0.2, 0.25) is 5.89 Å². The van der Waals surface area contributed by atoms with Crippen molar-refractivity contribution in [2.24, 2.45) is 0 Å². The number of amides is 1. The highest BCUT2D eigenvalue weighted by atomic mass is 35.5. The van der Waals surface area contributed by atoms with E-state index in [9.17, 15) is 4.79 Å². The minimum absolute atomic E-state index is 0.0272. The fraction of sp³-hybridized carbons (Fsp3) is 0. The summed E-state index contributed by atoms with van der Waals surface area (Å²) >= 11 is 5.67. The maximum Gasteiger partial charge on any atom is 0.322 e. The lowest BCUT2D eigenvalue weighted by Crippen LogP contribution is -2.14. The van der Waals surface area contributed by atoms with Crippen LogP contribution in [-0.2, 0) is 0 Å². The van der Waals surface area contributed by atoms with E-state index < -0.39 is 5.91 Å². The highest BCUT2D eigenvalue weighted by molar-refractivity contribution is 6.29. The van der Waals surface area contributed by atoms with E-state index in [4.69, 9.17) is 16.0 Å². The van der Waals surface area contributed by atoms with Gasteiger partial charge in [0.25, 0.3) is 5.91 Å². The summed E-state index contributed by atoms with van der Waals surface area (Å²) in [5.41, 5.74) is 0.815. The maximum atomic E-state index is 11.9. The number of nitrogens with zero attached hydrogens (tertiary/aromatic N) is 4. The third kappa shape index (κ3) is 3.03. The van der Waals surface area contributed by atoms with E-state index in [0.29, 0.717) is 5.89 Å². The Kier molecular flexibility index (Phi) is 3.57. The summed E-state index contributed by atoms with van der Waals surface area (Å²) in [6.07, 6.45) is 2.62. The first-order chi connectivity index (χ1) is 10.2. The van der Waals surface area contributed by atoms with Crippen LogP contribution in [0.15, 0.2) is 47.1 Å². The van der Waals surface area contributed by atoms with Gasteiger partial charge in [0.1, 0.15) is 10.8 Å². The molecule has 0 fully saturated rings. The summed E-state index contributed by atoms with van der Waals surface area (Å²) in [6.45, 7) is 0. The number of carbonyl (C=O) groups is 1. The van der Waals surface area contributed by atoms with Crippen LogP contribution >= 0.6 is 11.6 Å². The Morgan fingerprint density at radius 2 is 1.95 bits per heavy atom. The maximum absolute atomic E-state index is 11.9. The molecule has 0 bridgehead atoms. The van der Waals surface area contributed by atoms with E-state index in [-0.39, 0.29) is 16.9 Å². The monoisotopic (exact) mass is 301 g/mol. The molecular formula is C13H8ClN5O2. The molecule has 0 unspecified atom stereocenters. The molecule has 0 saturated heterocycles. The van der Waals surface area contributed by atoms with Crippen molar-refractivity contribution in [2.75, 3.05) is 5.32 Å². The van der Waals surface area contributed by atoms with Crippen molar-refractivity contribution in [3.05, 3.63) is 53.6 Å². The molecule has 8 heteroatoms. The standard InChI is InChI=1S/C13H8ClN5O2/c14-10-7-15-6-9(16-10)11(20)17-13-19-18-12(21-13)8-4-2-1-3-5-8/h1-7H,(H,17,19,20). The lowest BCUT2D eigenvalue weighted by atomic mass is 10.2. The van der Waals surface area contributed by atoms with Crippen molar-refractivity contribution in [2.45, 2.75) is 0 Å². The Balaban J connectivity index is 1.77. The topological polar surface area (TPSA) is 93.8 Å². The molecule has 0 aliphatic rings. The molecule has 2 heterocycles. The molecule has 0 radical (unpaired) electrons. The van der Waals surface area contributed by atoms with Crippen LogP contribution < -0.4 is 5.32 Å². The Morgan fingerprint density at radius 3 is 2.71 bits per heavy atom. The summed E-state index contributed by atoms with van der Waals surface area (Å²) < 4.78 is 5.36. The first kappa shape index (κ1) is 13.2. The van der Waals surface area contributed by atoms with Gasteiger partial charge in [-0.15, -0.1) is 5.10 Å². The zero-order chi connectivity index (χ0) is 14.7. The van der Waals surface area contributed by atoms with Crippen molar-refractivity contribution < 1.29 is 9.21 Å². The van der Waals surface area contributed by atoms with Gasteiger partial charge in [-0.1, -0.05) is 34.9 Å². The second kappa shape index (κ2) is 5.68. The molecule has 21 heavy (non-hydrogen) atoms. The molecular weight excluding hydrogens is 294 g/mol. The number of halogens is 1. The van der Waals surface area contributed by atoms with Crippen molar-refractivity contribution >= 4 is 23.5 Å². The second-order valence-corrected chi connectivity index (χ2v) is 4.35. The Bertz CT molecular complexity index is 775. The normalized spacial score (nSPS) is 10.3. The van der Waals surface area contributed by atoms with E-state index in [2.05, 4.69) is 25.5 Å². The Hall–Kier alpha value is -2.80. The molecule has 0 saturated carbocycles. The predicted molar refractivity (Wildman–Crippen MR) is 74.7 cm³/mol. The van der Waals surface area contributed by atoms with Crippen LogP contribution in [0.3, 0.4) is 0 Å². The summed E-state index contributed by atoms with van der Waals surface area (Å²) in [5, 5.41) is 10.2.